The van der Waals surface area contributed by atoms with Crippen LogP contribution in [0.3, 0.4) is 0 Å². The van der Waals surface area contributed by atoms with Gasteiger partial charge in [0.15, 0.2) is 11.5 Å². The van der Waals surface area contributed by atoms with Crippen LogP contribution in [0.4, 0.5) is 5.69 Å². The molecule has 128 valence electrons. The van der Waals surface area contributed by atoms with E-state index in [1.165, 1.54) is 12.8 Å². The van der Waals surface area contributed by atoms with Crippen molar-refractivity contribution in [1.82, 2.24) is 0 Å². The smallest absolute Gasteiger partial charge is 0.305 e. The van der Waals surface area contributed by atoms with Crippen molar-refractivity contribution in [3.8, 4) is 11.5 Å². The van der Waals surface area contributed by atoms with Crippen LogP contribution in [0.5, 0.6) is 11.5 Å². The van der Waals surface area contributed by atoms with Crippen LogP contribution in [0.2, 0.25) is 0 Å². The first kappa shape index (κ1) is 17.4. The summed E-state index contributed by atoms with van der Waals surface area (Å²) in [7, 11) is 1.61. The van der Waals surface area contributed by atoms with E-state index < -0.39 is 0 Å². The molecular weight excluding hydrogens is 294 g/mol. The van der Waals surface area contributed by atoms with Gasteiger partial charge in [0.1, 0.15) is 0 Å². The number of methoxy groups -OCH3 is 1. The van der Waals surface area contributed by atoms with Gasteiger partial charge in [-0.3, -0.25) is 4.79 Å². The lowest BCUT2D eigenvalue weighted by molar-refractivity contribution is -0.143. The molecule has 0 radical (unpaired) electrons. The number of hydrogen-bond acceptors (Lipinski definition) is 5. The zero-order chi connectivity index (χ0) is 16.7. The number of nitrogens with two attached hydrogens (primary N) is 1. The molecule has 0 spiro atoms. The van der Waals surface area contributed by atoms with E-state index in [0.717, 1.165) is 37.0 Å². The number of esters is 1. The zero-order valence-electron chi connectivity index (χ0n) is 14.1. The molecule has 1 aliphatic rings. The lowest BCUT2D eigenvalue weighted by Crippen LogP contribution is -2.12. The fourth-order valence-corrected chi connectivity index (χ4v) is 2.88. The predicted octanol–water partition coefficient (Wildman–Crippen LogP) is 3.48. The molecule has 5 nitrogen and oxygen atoms in total. The lowest BCUT2D eigenvalue weighted by Gasteiger charge is -2.18. The fraction of sp³-hybridized carbons (Fsp3) is 0.611. The number of ether oxygens (including phenoxy) is 3. The lowest BCUT2D eigenvalue weighted by atomic mass is 10.1. The first-order valence-electron chi connectivity index (χ1n) is 8.43. The van der Waals surface area contributed by atoms with Crippen molar-refractivity contribution in [3.63, 3.8) is 0 Å². The van der Waals surface area contributed by atoms with Crippen molar-refractivity contribution in [2.75, 3.05) is 19.5 Å². The molecule has 1 aromatic rings. The molecule has 2 N–H and O–H groups in total. The fourth-order valence-electron chi connectivity index (χ4n) is 2.88. The second kappa shape index (κ2) is 8.65. The molecule has 0 atom stereocenters. The minimum Gasteiger partial charge on any atom is -0.491 e. The van der Waals surface area contributed by atoms with Crippen molar-refractivity contribution in [2.45, 2.75) is 58.0 Å². The van der Waals surface area contributed by atoms with Crippen molar-refractivity contribution < 1.29 is 19.0 Å². The summed E-state index contributed by atoms with van der Waals surface area (Å²) >= 11 is 0. The Morgan fingerprint density at radius 3 is 2.70 bits per heavy atom. The van der Waals surface area contributed by atoms with E-state index in [1.807, 2.05) is 12.1 Å². The van der Waals surface area contributed by atoms with Crippen LogP contribution in [-0.2, 0) is 16.0 Å². The second-order valence-corrected chi connectivity index (χ2v) is 5.87. The van der Waals surface area contributed by atoms with E-state index in [9.17, 15) is 4.79 Å². The first-order valence-corrected chi connectivity index (χ1v) is 8.43. The maximum Gasteiger partial charge on any atom is 0.305 e. The zero-order valence-corrected chi connectivity index (χ0v) is 14.1. The maximum atomic E-state index is 11.1. The number of carbonyl (C=O) groups excluding carboxylic acids is 1. The number of nitrogen functional groups attached to an aromatic ring is 1. The summed E-state index contributed by atoms with van der Waals surface area (Å²) in [5.41, 5.74) is 7.83. The number of anilines is 1. The molecule has 0 heterocycles. The van der Waals surface area contributed by atoms with Gasteiger partial charge in [-0.2, -0.15) is 0 Å². The van der Waals surface area contributed by atoms with Crippen molar-refractivity contribution in [2.24, 2.45) is 0 Å². The Hall–Kier alpha value is -1.91. The van der Waals surface area contributed by atoms with Gasteiger partial charge < -0.3 is 19.9 Å². The molecule has 1 aliphatic carbocycles. The first-order chi connectivity index (χ1) is 11.2. The third-order valence-corrected chi connectivity index (χ3v) is 4.19. The Morgan fingerprint density at radius 2 is 2.04 bits per heavy atom. The van der Waals surface area contributed by atoms with Crippen LogP contribution in [0.1, 0.15) is 51.0 Å². The summed E-state index contributed by atoms with van der Waals surface area (Å²) in [6, 6.07) is 3.91. The molecule has 2 rings (SSSR count). The highest BCUT2D eigenvalue weighted by atomic mass is 16.5. The Kier molecular flexibility index (Phi) is 6.56. The van der Waals surface area contributed by atoms with Gasteiger partial charge in [-0.15, -0.1) is 0 Å². The second-order valence-electron chi connectivity index (χ2n) is 5.87. The van der Waals surface area contributed by atoms with Crippen LogP contribution in [0.15, 0.2) is 12.1 Å². The van der Waals surface area contributed by atoms with Crippen LogP contribution >= 0.6 is 0 Å². The van der Waals surface area contributed by atoms with E-state index in [1.54, 1.807) is 14.0 Å². The van der Waals surface area contributed by atoms with E-state index in [-0.39, 0.29) is 12.1 Å². The monoisotopic (exact) mass is 321 g/mol. The van der Waals surface area contributed by atoms with Gasteiger partial charge in [-0.25, -0.2) is 0 Å². The summed E-state index contributed by atoms with van der Waals surface area (Å²) in [4.78, 5) is 11.1. The highest BCUT2D eigenvalue weighted by molar-refractivity contribution is 5.68. The van der Waals surface area contributed by atoms with E-state index in [0.29, 0.717) is 24.5 Å². The van der Waals surface area contributed by atoms with Crippen LogP contribution in [-0.4, -0.2) is 25.8 Å². The molecule has 23 heavy (non-hydrogen) atoms. The molecule has 0 aliphatic heterocycles. The Labute approximate surface area is 138 Å². The molecule has 1 saturated carbocycles. The van der Waals surface area contributed by atoms with Crippen molar-refractivity contribution in [1.29, 1.82) is 0 Å². The molecule has 1 fully saturated rings. The number of rotatable bonds is 8. The van der Waals surface area contributed by atoms with Crippen LogP contribution in [0, 0.1) is 0 Å². The summed E-state index contributed by atoms with van der Waals surface area (Å²) in [5.74, 6) is 1.16. The van der Waals surface area contributed by atoms with Gasteiger partial charge in [0.2, 0.25) is 0 Å². The third kappa shape index (κ3) is 4.78. The van der Waals surface area contributed by atoms with E-state index >= 15 is 0 Å². The van der Waals surface area contributed by atoms with E-state index in [4.69, 9.17) is 19.9 Å². The SMILES string of the molecule is CCC(=O)OCCCc1ccc(OC2CCCC2)c(OC)c1N. The highest BCUT2D eigenvalue weighted by Gasteiger charge is 2.20. The summed E-state index contributed by atoms with van der Waals surface area (Å²) in [5, 5.41) is 0. The minimum atomic E-state index is -0.170. The quantitative estimate of drug-likeness (QED) is 0.451. The van der Waals surface area contributed by atoms with Gasteiger partial charge in [0.25, 0.3) is 0 Å². The van der Waals surface area contributed by atoms with E-state index in [2.05, 4.69) is 0 Å². The average molecular weight is 321 g/mol. The van der Waals surface area contributed by atoms with Crippen molar-refractivity contribution >= 4 is 11.7 Å². The van der Waals surface area contributed by atoms with Gasteiger partial charge in [0.05, 0.1) is 25.5 Å². The summed E-state index contributed by atoms with van der Waals surface area (Å²) in [6.07, 6.45) is 6.77. The van der Waals surface area contributed by atoms with Crippen LogP contribution in [0.25, 0.3) is 0 Å². The Balaban J connectivity index is 1.97. The Bertz CT molecular complexity index is 524. The van der Waals surface area contributed by atoms with Gasteiger partial charge in [0, 0.05) is 6.42 Å². The van der Waals surface area contributed by atoms with Crippen molar-refractivity contribution in [3.05, 3.63) is 17.7 Å². The highest BCUT2D eigenvalue weighted by Crippen LogP contribution is 2.38. The Morgan fingerprint density at radius 1 is 1.30 bits per heavy atom. The average Bonchev–Trinajstić information content (AvgIpc) is 3.06. The predicted molar refractivity (Wildman–Crippen MR) is 89.9 cm³/mol. The molecule has 0 amide bonds. The molecule has 0 aromatic heterocycles. The number of hydrogen-bond donors (Lipinski definition) is 1. The summed E-state index contributed by atoms with van der Waals surface area (Å²) < 4.78 is 16.6. The van der Waals surface area contributed by atoms with Gasteiger partial charge in [-0.1, -0.05) is 13.0 Å². The number of carbonyl (C=O) groups is 1. The molecule has 0 bridgehead atoms. The number of aryl methyl sites for hydroxylation is 1. The van der Waals surface area contributed by atoms with Gasteiger partial charge >= 0.3 is 5.97 Å². The standard InChI is InChI=1S/C18H27NO4/c1-3-16(20)22-12-6-7-13-10-11-15(18(21-2)17(13)19)23-14-8-4-5-9-14/h10-11,14H,3-9,12,19H2,1-2H3. The molecule has 1 aromatic carbocycles. The third-order valence-electron chi connectivity index (χ3n) is 4.19. The molecule has 0 saturated heterocycles. The number of benzene rings is 1. The maximum absolute atomic E-state index is 11.1. The normalized spacial score (nSPS) is 14.7. The largest absolute Gasteiger partial charge is 0.491 e. The molecular formula is C18H27NO4. The van der Waals surface area contributed by atoms with Gasteiger partial charge in [-0.05, 0) is 50.2 Å². The molecule has 0 unspecified atom stereocenters. The molecule has 5 heteroatoms. The minimum absolute atomic E-state index is 0.170. The van der Waals surface area contributed by atoms with Crippen LogP contribution < -0.4 is 15.2 Å². The summed E-state index contributed by atoms with van der Waals surface area (Å²) in [6.45, 7) is 2.20. The topological polar surface area (TPSA) is 70.8 Å².